The van der Waals surface area contributed by atoms with Crippen LogP contribution in [0.25, 0.3) is 10.2 Å². The number of likely N-dealkylation sites (N-methyl/N-ethyl adjacent to an activating group) is 1. The molecule has 0 saturated carbocycles. The molecule has 0 aliphatic heterocycles. The molecule has 0 N–H and O–H groups in total. The molecule has 0 aliphatic carbocycles. The van der Waals surface area contributed by atoms with E-state index in [1.807, 2.05) is 44.2 Å². The fraction of sp³-hybridized carbons (Fsp3) is 0.208. The Labute approximate surface area is 184 Å². The summed E-state index contributed by atoms with van der Waals surface area (Å²) in [6.07, 6.45) is 1.44. The molecule has 2 heterocycles. The Morgan fingerprint density at radius 2 is 1.84 bits per heavy atom. The smallest absolute Gasteiger partial charge is 0.289 e. The van der Waals surface area contributed by atoms with Crippen LogP contribution in [0.1, 0.15) is 27.2 Å². The topological polar surface area (TPSA) is 66.7 Å². The van der Waals surface area contributed by atoms with Crippen LogP contribution in [0.15, 0.2) is 65.3 Å². The van der Waals surface area contributed by atoms with Gasteiger partial charge >= 0.3 is 0 Å². The van der Waals surface area contributed by atoms with E-state index in [2.05, 4.69) is 12.1 Å². The van der Waals surface area contributed by atoms with E-state index >= 15 is 0 Å². The molecule has 4 rings (SSSR count). The van der Waals surface area contributed by atoms with Crippen molar-refractivity contribution in [2.24, 2.45) is 0 Å². The SMILES string of the molecule is Cc1cc(C)c2nc(N(Cc3ccccc3)C(=O)CN(C)C(=O)c3ccco3)sc2c1. The molecule has 6 nitrogen and oxygen atoms in total. The van der Waals surface area contributed by atoms with Crippen LogP contribution in [0.2, 0.25) is 0 Å². The lowest BCUT2D eigenvalue weighted by Gasteiger charge is -2.23. The second-order valence-corrected chi connectivity index (χ2v) is 8.54. The van der Waals surface area contributed by atoms with Gasteiger partial charge in [0.2, 0.25) is 5.91 Å². The van der Waals surface area contributed by atoms with E-state index in [4.69, 9.17) is 9.40 Å². The van der Waals surface area contributed by atoms with E-state index in [1.165, 1.54) is 22.5 Å². The maximum Gasteiger partial charge on any atom is 0.289 e. The molecule has 2 amide bonds. The number of carbonyl (C=O) groups excluding carboxylic acids is 2. The lowest BCUT2D eigenvalue weighted by atomic mass is 10.1. The maximum absolute atomic E-state index is 13.3. The van der Waals surface area contributed by atoms with Crippen molar-refractivity contribution < 1.29 is 14.0 Å². The highest BCUT2D eigenvalue weighted by atomic mass is 32.1. The summed E-state index contributed by atoms with van der Waals surface area (Å²) >= 11 is 1.49. The van der Waals surface area contributed by atoms with Gasteiger partial charge in [-0.25, -0.2) is 4.98 Å². The molecule has 0 aliphatic rings. The van der Waals surface area contributed by atoms with Crippen molar-refractivity contribution in [3.63, 3.8) is 0 Å². The van der Waals surface area contributed by atoms with Gasteiger partial charge < -0.3 is 9.32 Å². The van der Waals surface area contributed by atoms with Gasteiger partial charge in [0.15, 0.2) is 10.9 Å². The van der Waals surface area contributed by atoms with Crippen LogP contribution >= 0.6 is 11.3 Å². The number of benzene rings is 2. The minimum absolute atomic E-state index is 0.0830. The zero-order valence-electron chi connectivity index (χ0n) is 17.7. The number of furan rings is 1. The van der Waals surface area contributed by atoms with E-state index in [-0.39, 0.29) is 24.1 Å². The molecule has 0 spiro atoms. The lowest BCUT2D eigenvalue weighted by Crippen LogP contribution is -2.41. The highest BCUT2D eigenvalue weighted by molar-refractivity contribution is 7.22. The molecule has 31 heavy (non-hydrogen) atoms. The van der Waals surface area contributed by atoms with Gasteiger partial charge in [-0.15, -0.1) is 0 Å². The molecule has 2 aromatic carbocycles. The molecule has 4 aromatic rings. The number of anilines is 1. The Morgan fingerprint density at radius 1 is 1.06 bits per heavy atom. The average Bonchev–Trinajstić information content (AvgIpc) is 3.42. The van der Waals surface area contributed by atoms with E-state index < -0.39 is 0 Å². The average molecular weight is 434 g/mol. The largest absolute Gasteiger partial charge is 0.459 e. The first-order valence-electron chi connectivity index (χ1n) is 9.93. The third-order valence-electron chi connectivity index (χ3n) is 4.99. The van der Waals surface area contributed by atoms with Gasteiger partial charge in [0.25, 0.3) is 5.91 Å². The number of hydrogen-bond acceptors (Lipinski definition) is 5. The highest BCUT2D eigenvalue weighted by Crippen LogP contribution is 2.32. The zero-order valence-corrected chi connectivity index (χ0v) is 18.5. The number of aryl methyl sites for hydroxylation is 2. The van der Waals surface area contributed by atoms with Crippen molar-refractivity contribution in [1.29, 1.82) is 0 Å². The predicted molar refractivity (Wildman–Crippen MR) is 122 cm³/mol. The highest BCUT2D eigenvalue weighted by Gasteiger charge is 2.24. The van der Waals surface area contributed by atoms with Gasteiger partial charge in [-0.3, -0.25) is 14.5 Å². The Morgan fingerprint density at radius 3 is 2.55 bits per heavy atom. The van der Waals surface area contributed by atoms with Gasteiger partial charge in [0.1, 0.15) is 6.54 Å². The second kappa shape index (κ2) is 8.73. The molecule has 0 fully saturated rings. The van der Waals surface area contributed by atoms with Crippen LogP contribution in [-0.4, -0.2) is 35.3 Å². The number of aromatic nitrogens is 1. The molecule has 0 saturated heterocycles. The fourth-order valence-electron chi connectivity index (χ4n) is 3.45. The Bertz CT molecular complexity index is 1220. The first-order chi connectivity index (χ1) is 14.9. The second-order valence-electron chi connectivity index (χ2n) is 7.53. The number of hydrogen-bond donors (Lipinski definition) is 0. The van der Waals surface area contributed by atoms with Crippen molar-refractivity contribution in [2.75, 3.05) is 18.5 Å². The van der Waals surface area contributed by atoms with Gasteiger partial charge in [-0.2, -0.15) is 0 Å². The predicted octanol–water partition coefficient (Wildman–Crippen LogP) is 4.81. The molecular formula is C24H23N3O3S. The van der Waals surface area contributed by atoms with E-state index in [0.29, 0.717) is 11.7 Å². The first-order valence-corrected chi connectivity index (χ1v) is 10.7. The number of rotatable bonds is 6. The normalized spacial score (nSPS) is 10.9. The minimum Gasteiger partial charge on any atom is -0.459 e. The number of amides is 2. The summed E-state index contributed by atoms with van der Waals surface area (Å²) < 4.78 is 6.22. The summed E-state index contributed by atoms with van der Waals surface area (Å²) in [5, 5.41) is 0.622. The zero-order chi connectivity index (χ0) is 22.0. The quantitative estimate of drug-likeness (QED) is 0.438. The number of carbonyl (C=O) groups is 2. The number of nitrogens with zero attached hydrogens (tertiary/aromatic N) is 3. The maximum atomic E-state index is 13.3. The fourth-order valence-corrected chi connectivity index (χ4v) is 4.61. The molecule has 0 atom stereocenters. The molecule has 7 heteroatoms. The third-order valence-corrected chi connectivity index (χ3v) is 6.01. The monoisotopic (exact) mass is 433 g/mol. The molecular weight excluding hydrogens is 410 g/mol. The van der Waals surface area contributed by atoms with Crippen LogP contribution in [0.5, 0.6) is 0 Å². The van der Waals surface area contributed by atoms with Gasteiger partial charge in [0, 0.05) is 7.05 Å². The van der Waals surface area contributed by atoms with E-state index in [0.717, 1.165) is 26.9 Å². The van der Waals surface area contributed by atoms with Crippen LogP contribution in [-0.2, 0) is 11.3 Å². The molecule has 0 unspecified atom stereocenters. The van der Waals surface area contributed by atoms with Crippen molar-refractivity contribution >= 4 is 38.5 Å². The Hall–Kier alpha value is -3.45. The molecule has 0 radical (unpaired) electrons. The Balaban J connectivity index is 1.65. The van der Waals surface area contributed by atoms with E-state index in [9.17, 15) is 9.59 Å². The summed E-state index contributed by atoms with van der Waals surface area (Å²) in [5.41, 5.74) is 4.12. The van der Waals surface area contributed by atoms with E-state index in [1.54, 1.807) is 24.1 Å². The molecule has 158 valence electrons. The summed E-state index contributed by atoms with van der Waals surface area (Å²) in [6.45, 7) is 4.37. The summed E-state index contributed by atoms with van der Waals surface area (Å²) in [7, 11) is 1.59. The van der Waals surface area contributed by atoms with Crippen molar-refractivity contribution in [2.45, 2.75) is 20.4 Å². The summed E-state index contributed by atoms with van der Waals surface area (Å²) in [6, 6.07) is 17.2. The standard InChI is InChI=1S/C24H23N3O3S/c1-16-12-17(2)22-20(13-16)31-24(25-22)27(14-18-8-5-4-6-9-18)21(28)15-26(3)23(29)19-10-7-11-30-19/h4-13H,14-15H2,1-3H3. The van der Waals surface area contributed by atoms with Crippen molar-refractivity contribution in [3.8, 4) is 0 Å². The van der Waals surface area contributed by atoms with Crippen LogP contribution in [0.4, 0.5) is 5.13 Å². The minimum atomic E-state index is -0.339. The van der Waals surface area contributed by atoms with Crippen LogP contribution < -0.4 is 4.90 Å². The van der Waals surface area contributed by atoms with Gasteiger partial charge in [-0.05, 0) is 48.7 Å². The summed E-state index contributed by atoms with van der Waals surface area (Å²) in [4.78, 5) is 33.7. The van der Waals surface area contributed by atoms with Gasteiger partial charge in [0.05, 0.1) is 23.0 Å². The first kappa shape index (κ1) is 20.8. The molecule has 0 bridgehead atoms. The van der Waals surface area contributed by atoms with Crippen LogP contribution in [0, 0.1) is 13.8 Å². The lowest BCUT2D eigenvalue weighted by molar-refractivity contribution is -0.119. The number of fused-ring (bicyclic) bond motifs is 1. The molecule has 2 aromatic heterocycles. The Kier molecular flexibility index (Phi) is 5.86. The summed E-state index contributed by atoms with van der Waals surface area (Å²) in [5.74, 6) is -0.343. The van der Waals surface area contributed by atoms with Crippen LogP contribution in [0.3, 0.4) is 0 Å². The number of thiazole rings is 1. The van der Waals surface area contributed by atoms with Crippen molar-refractivity contribution in [1.82, 2.24) is 9.88 Å². The third kappa shape index (κ3) is 4.51. The van der Waals surface area contributed by atoms with Gasteiger partial charge in [-0.1, -0.05) is 47.7 Å². The van der Waals surface area contributed by atoms with Crippen molar-refractivity contribution in [3.05, 3.63) is 83.3 Å².